The summed E-state index contributed by atoms with van der Waals surface area (Å²) in [6.45, 7) is 4.03. The van der Waals surface area contributed by atoms with E-state index in [1.807, 2.05) is 54.6 Å². The van der Waals surface area contributed by atoms with Gasteiger partial charge in [-0.1, -0.05) is 78.9 Å². The number of alkyl carbamates (subject to hydrolysis) is 2. The Balaban J connectivity index is 1.26. The highest BCUT2D eigenvalue weighted by molar-refractivity contribution is 5.83. The molecule has 0 bridgehead atoms. The number of carbonyl (C=O) groups excluding carboxylic acids is 4. The maximum Gasteiger partial charge on any atom is 0.408 e. The van der Waals surface area contributed by atoms with Gasteiger partial charge in [-0.2, -0.15) is 0 Å². The Kier molecular flexibility index (Phi) is 9.80. The minimum atomic E-state index is -1.33. The summed E-state index contributed by atoms with van der Waals surface area (Å²) in [5.41, 5.74) is 4.25. The molecule has 0 spiro atoms. The van der Waals surface area contributed by atoms with Crippen molar-refractivity contribution in [2.75, 3.05) is 19.8 Å². The second kappa shape index (κ2) is 13.7. The maximum atomic E-state index is 12.7. The Hall–Kier alpha value is -4.86. The lowest BCUT2D eigenvalue weighted by Gasteiger charge is -2.23. The zero-order valence-electron chi connectivity index (χ0n) is 23.8. The van der Waals surface area contributed by atoms with E-state index in [2.05, 4.69) is 10.6 Å². The van der Waals surface area contributed by atoms with Crippen molar-refractivity contribution in [1.82, 2.24) is 10.6 Å². The number of fused-ring (bicyclic) bond motifs is 3. The van der Waals surface area contributed by atoms with Gasteiger partial charge >= 0.3 is 24.1 Å². The number of amides is 2. The van der Waals surface area contributed by atoms with E-state index in [0.29, 0.717) is 0 Å². The molecule has 1 atom stereocenters. The number of carbonyl (C=O) groups is 4. The molecular weight excluding hydrogens is 540 g/mol. The van der Waals surface area contributed by atoms with Gasteiger partial charge in [-0.3, -0.25) is 4.79 Å². The summed E-state index contributed by atoms with van der Waals surface area (Å²) in [5, 5.41) is 4.73. The quantitative estimate of drug-likeness (QED) is 0.263. The summed E-state index contributed by atoms with van der Waals surface area (Å²) in [5.74, 6) is -1.78. The number of ether oxygens (including phenoxy) is 4. The number of esters is 2. The largest absolute Gasteiger partial charge is 0.462 e. The van der Waals surface area contributed by atoms with Gasteiger partial charge in [-0.05, 0) is 48.6 Å². The number of nitrogens with one attached hydrogen (secondary N) is 2. The van der Waals surface area contributed by atoms with Crippen LogP contribution in [0.5, 0.6) is 0 Å². The molecule has 10 heteroatoms. The van der Waals surface area contributed by atoms with Crippen molar-refractivity contribution in [2.24, 2.45) is 0 Å². The van der Waals surface area contributed by atoms with Crippen LogP contribution in [-0.4, -0.2) is 55.5 Å². The fourth-order valence-corrected chi connectivity index (χ4v) is 4.47. The fraction of sp³-hybridized carbons (Fsp3) is 0.312. The van der Waals surface area contributed by atoms with Crippen molar-refractivity contribution < 1.29 is 38.1 Å². The van der Waals surface area contributed by atoms with Crippen LogP contribution < -0.4 is 10.6 Å². The van der Waals surface area contributed by atoms with Crippen molar-refractivity contribution in [3.63, 3.8) is 0 Å². The van der Waals surface area contributed by atoms with Gasteiger partial charge in [0, 0.05) is 5.92 Å². The second-order valence-electron chi connectivity index (χ2n) is 10.7. The lowest BCUT2D eigenvalue weighted by Crippen LogP contribution is -2.47. The zero-order valence-corrected chi connectivity index (χ0v) is 23.8. The molecule has 2 amide bonds. The molecule has 1 aliphatic rings. The molecule has 10 nitrogen and oxygen atoms in total. The number of rotatable bonds is 10. The summed E-state index contributed by atoms with van der Waals surface area (Å²) >= 11 is 0. The Labute approximate surface area is 244 Å². The molecule has 0 saturated carbocycles. The van der Waals surface area contributed by atoms with Crippen molar-refractivity contribution in [1.29, 1.82) is 0 Å². The molecule has 2 N–H and O–H groups in total. The van der Waals surface area contributed by atoms with Crippen LogP contribution in [-0.2, 0) is 35.1 Å². The molecule has 0 aliphatic heterocycles. The van der Waals surface area contributed by atoms with Gasteiger partial charge in [0.2, 0.25) is 0 Å². The van der Waals surface area contributed by atoms with E-state index in [9.17, 15) is 19.2 Å². The Morgan fingerprint density at radius 2 is 1.36 bits per heavy atom. The van der Waals surface area contributed by atoms with Crippen molar-refractivity contribution >= 4 is 24.1 Å². The predicted molar refractivity (Wildman–Crippen MR) is 153 cm³/mol. The lowest BCUT2D eigenvalue weighted by atomic mass is 9.98. The number of hydrogen-bond acceptors (Lipinski definition) is 8. The first-order chi connectivity index (χ1) is 20.1. The van der Waals surface area contributed by atoms with Crippen molar-refractivity contribution in [3.05, 3.63) is 95.6 Å². The highest BCUT2D eigenvalue weighted by atomic mass is 16.6. The predicted octanol–water partition coefficient (Wildman–Crippen LogP) is 4.71. The molecule has 0 saturated heterocycles. The lowest BCUT2D eigenvalue weighted by molar-refractivity contribution is -0.152. The summed E-state index contributed by atoms with van der Waals surface area (Å²) in [7, 11) is 0. The average Bonchev–Trinajstić information content (AvgIpc) is 3.29. The van der Waals surface area contributed by atoms with Gasteiger partial charge in [-0.25, -0.2) is 14.4 Å². The van der Waals surface area contributed by atoms with Gasteiger partial charge in [0.1, 0.15) is 32.0 Å². The summed E-state index contributed by atoms with van der Waals surface area (Å²) in [6.07, 6.45) is -1.67. The SMILES string of the molecule is CC(C)(C)OC(=O)N[C@@H](COC(=O)CNC(=O)OCC1c2ccccc2-c2ccccc21)C(=O)OCc1ccccc1. The molecule has 0 heterocycles. The molecule has 3 aromatic rings. The minimum absolute atomic E-state index is 0.0382. The molecular formula is C32H34N2O8. The molecule has 42 heavy (non-hydrogen) atoms. The highest BCUT2D eigenvalue weighted by Crippen LogP contribution is 2.44. The maximum absolute atomic E-state index is 12.7. The van der Waals surface area contributed by atoms with Crippen molar-refractivity contribution in [2.45, 2.75) is 44.9 Å². The molecule has 220 valence electrons. The molecule has 0 fully saturated rings. The third-order valence-corrected chi connectivity index (χ3v) is 6.33. The van der Waals surface area contributed by atoms with E-state index in [-0.39, 0.29) is 19.1 Å². The van der Waals surface area contributed by atoms with Crippen LogP contribution in [0.4, 0.5) is 9.59 Å². The van der Waals surface area contributed by atoms with E-state index < -0.39 is 48.9 Å². The van der Waals surface area contributed by atoms with Gasteiger partial charge in [-0.15, -0.1) is 0 Å². The van der Waals surface area contributed by atoms with E-state index in [1.165, 1.54) is 0 Å². The van der Waals surface area contributed by atoms with Gasteiger partial charge in [0.25, 0.3) is 0 Å². The normalized spacial score (nSPS) is 12.7. The summed E-state index contributed by atoms with van der Waals surface area (Å²) < 4.78 is 21.1. The summed E-state index contributed by atoms with van der Waals surface area (Å²) in [6, 6.07) is 23.5. The van der Waals surface area contributed by atoms with Crippen LogP contribution in [0.15, 0.2) is 78.9 Å². The van der Waals surface area contributed by atoms with Crippen molar-refractivity contribution in [3.8, 4) is 11.1 Å². The van der Waals surface area contributed by atoms with Crippen LogP contribution in [0.2, 0.25) is 0 Å². The Morgan fingerprint density at radius 3 is 1.98 bits per heavy atom. The monoisotopic (exact) mass is 574 g/mol. The third-order valence-electron chi connectivity index (χ3n) is 6.33. The van der Waals surface area contributed by atoms with Crippen LogP contribution in [0.1, 0.15) is 43.4 Å². The summed E-state index contributed by atoms with van der Waals surface area (Å²) in [4.78, 5) is 49.7. The molecule has 0 aromatic heterocycles. The molecule has 0 unspecified atom stereocenters. The fourth-order valence-electron chi connectivity index (χ4n) is 4.47. The van der Waals surface area contributed by atoms with E-state index in [0.717, 1.165) is 27.8 Å². The van der Waals surface area contributed by atoms with Gasteiger partial charge < -0.3 is 29.6 Å². The second-order valence-corrected chi connectivity index (χ2v) is 10.7. The van der Waals surface area contributed by atoms with Crippen LogP contribution in [0.3, 0.4) is 0 Å². The Bertz CT molecular complexity index is 1370. The zero-order chi connectivity index (χ0) is 30.1. The topological polar surface area (TPSA) is 129 Å². The van der Waals surface area contributed by atoms with Crippen LogP contribution in [0.25, 0.3) is 11.1 Å². The van der Waals surface area contributed by atoms with E-state index >= 15 is 0 Å². The average molecular weight is 575 g/mol. The minimum Gasteiger partial charge on any atom is -0.462 e. The Morgan fingerprint density at radius 1 is 0.762 bits per heavy atom. The van der Waals surface area contributed by atoms with Gasteiger partial charge in [0.05, 0.1) is 0 Å². The molecule has 0 radical (unpaired) electrons. The van der Waals surface area contributed by atoms with E-state index in [4.69, 9.17) is 18.9 Å². The van der Waals surface area contributed by atoms with Gasteiger partial charge in [0.15, 0.2) is 6.04 Å². The van der Waals surface area contributed by atoms with Crippen LogP contribution >= 0.6 is 0 Å². The molecule has 1 aliphatic carbocycles. The first-order valence-electron chi connectivity index (χ1n) is 13.6. The molecule has 4 rings (SSSR count). The standard InChI is InChI=1S/C32H34N2O8/c1-32(2,3)42-31(38)34-27(29(36)40-18-21-11-5-4-6-12-21)20-39-28(35)17-33-30(37)41-19-26-24-15-9-7-13-22(24)23-14-8-10-16-25(23)26/h4-16,26-27H,17-20H2,1-3H3,(H,33,37)(H,34,38)/t27-/m0/s1. The number of hydrogen-bond donors (Lipinski definition) is 2. The first-order valence-corrected chi connectivity index (χ1v) is 13.6. The van der Waals surface area contributed by atoms with E-state index in [1.54, 1.807) is 45.0 Å². The third kappa shape index (κ3) is 8.33. The number of benzene rings is 3. The molecule has 3 aromatic carbocycles. The first kappa shape index (κ1) is 30.1. The highest BCUT2D eigenvalue weighted by Gasteiger charge is 2.30. The smallest absolute Gasteiger partial charge is 0.408 e. The van der Waals surface area contributed by atoms with Crippen LogP contribution in [0, 0.1) is 0 Å².